The largest absolute Gasteiger partial charge is 0.421 e. The molecule has 27 heavy (non-hydrogen) atoms. The summed E-state index contributed by atoms with van der Waals surface area (Å²) in [4.78, 5) is 7.86. The van der Waals surface area contributed by atoms with Gasteiger partial charge in [-0.15, -0.1) is 0 Å². The minimum absolute atomic E-state index is 0.0836. The van der Waals surface area contributed by atoms with Crippen LogP contribution in [0.15, 0.2) is 54.7 Å². The first kappa shape index (κ1) is 19.4. The van der Waals surface area contributed by atoms with Gasteiger partial charge in [0, 0.05) is 21.1 Å². The average Bonchev–Trinajstić information content (AvgIpc) is 2.63. The van der Waals surface area contributed by atoms with Crippen molar-refractivity contribution < 1.29 is 13.2 Å². The van der Waals surface area contributed by atoms with Crippen LogP contribution in [0.25, 0.3) is 0 Å². The zero-order valence-electron chi connectivity index (χ0n) is 14.3. The van der Waals surface area contributed by atoms with Crippen molar-refractivity contribution in [3.05, 3.63) is 69.4 Å². The fraction of sp³-hybridized carbons (Fsp3) is 0.158. The van der Waals surface area contributed by atoms with Gasteiger partial charge in [-0.2, -0.15) is 18.2 Å². The van der Waals surface area contributed by atoms with E-state index in [-0.39, 0.29) is 11.8 Å². The molecular weight excluding hydrogens is 468 g/mol. The van der Waals surface area contributed by atoms with Crippen LogP contribution >= 0.6 is 22.6 Å². The molecule has 0 aliphatic heterocycles. The van der Waals surface area contributed by atoms with Crippen LogP contribution in [0.4, 0.5) is 36.3 Å². The van der Waals surface area contributed by atoms with Gasteiger partial charge < -0.3 is 10.6 Å². The molecule has 4 nitrogen and oxygen atoms in total. The second kappa shape index (κ2) is 8.12. The molecule has 0 fully saturated rings. The third kappa shape index (κ3) is 5.09. The number of benzene rings is 2. The first-order chi connectivity index (χ1) is 12.8. The molecule has 3 aromatic rings. The predicted octanol–water partition coefficient (Wildman–Crippen LogP) is 6.15. The van der Waals surface area contributed by atoms with Crippen molar-refractivity contribution in [2.24, 2.45) is 0 Å². The monoisotopic (exact) mass is 484 g/mol. The summed E-state index contributed by atoms with van der Waals surface area (Å²) in [5.74, 6) is -0.216. The van der Waals surface area contributed by atoms with Crippen molar-refractivity contribution in [3.63, 3.8) is 0 Å². The Morgan fingerprint density at radius 2 is 1.52 bits per heavy atom. The molecule has 2 aromatic carbocycles. The number of alkyl halides is 3. The predicted molar refractivity (Wildman–Crippen MR) is 109 cm³/mol. The van der Waals surface area contributed by atoms with E-state index in [1.54, 1.807) is 24.3 Å². The number of anilines is 4. The average molecular weight is 484 g/mol. The highest BCUT2D eigenvalue weighted by Crippen LogP contribution is 2.35. The molecule has 2 N–H and O–H groups in total. The Labute approximate surface area is 168 Å². The lowest BCUT2D eigenvalue weighted by Gasteiger charge is -2.15. The quantitative estimate of drug-likeness (QED) is 0.427. The van der Waals surface area contributed by atoms with Crippen LogP contribution in [-0.4, -0.2) is 9.97 Å². The van der Waals surface area contributed by atoms with Crippen molar-refractivity contribution in [2.45, 2.75) is 19.5 Å². The topological polar surface area (TPSA) is 49.8 Å². The van der Waals surface area contributed by atoms with E-state index >= 15 is 0 Å². The van der Waals surface area contributed by atoms with E-state index in [0.717, 1.165) is 21.8 Å². The first-order valence-corrected chi connectivity index (χ1v) is 9.26. The molecule has 8 heteroatoms. The minimum atomic E-state index is -4.56. The Morgan fingerprint density at radius 1 is 0.926 bits per heavy atom. The summed E-state index contributed by atoms with van der Waals surface area (Å²) in [6.45, 7) is 2.05. The Kier molecular flexibility index (Phi) is 5.83. The maximum absolute atomic E-state index is 13.3. The van der Waals surface area contributed by atoms with Gasteiger partial charge in [-0.05, 0) is 71.0 Å². The van der Waals surface area contributed by atoms with Crippen LogP contribution in [0.2, 0.25) is 0 Å². The van der Waals surface area contributed by atoms with E-state index in [0.29, 0.717) is 11.4 Å². The first-order valence-electron chi connectivity index (χ1n) is 8.18. The number of rotatable bonds is 5. The van der Waals surface area contributed by atoms with Crippen LogP contribution < -0.4 is 10.6 Å². The number of aryl methyl sites for hydroxylation is 1. The third-order valence-corrected chi connectivity index (χ3v) is 4.54. The lowest BCUT2D eigenvalue weighted by atomic mass is 10.1. The number of nitrogens with one attached hydrogen (secondary N) is 2. The highest BCUT2D eigenvalue weighted by molar-refractivity contribution is 14.1. The van der Waals surface area contributed by atoms with Crippen molar-refractivity contribution in [3.8, 4) is 0 Å². The van der Waals surface area contributed by atoms with Crippen LogP contribution in [-0.2, 0) is 12.6 Å². The number of nitrogens with zero attached hydrogens (tertiary/aromatic N) is 2. The lowest BCUT2D eigenvalue weighted by molar-refractivity contribution is -0.137. The molecule has 0 amide bonds. The summed E-state index contributed by atoms with van der Waals surface area (Å²) in [5, 5.41) is 5.67. The molecule has 0 unspecified atom stereocenters. The minimum Gasteiger partial charge on any atom is -0.340 e. The Balaban J connectivity index is 1.90. The summed E-state index contributed by atoms with van der Waals surface area (Å²) in [5.41, 5.74) is 1.45. The molecule has 0 atom stereocenters. The Morgan fingerprint density at radius 3 is 2.11 bits per heavy atom. The van der Waals surface area contributed by atoms with E-state index in [1.165, 1.54) is 0 Å². The zero-order valence-corrected chi connectivity index (χ0v) is 16.5. The number of hydrogen-bond donors (Lipinski definition) is 2. The van der Waals surface area contributed by atoms with Gasteiger partial charge in [0.1, 0.15) is 11.4 Å². The van der Waals surface area contributed by atoms with Gasteiger partial charge in [-0.25, -0.2) is 4.98 Å². The molecule has 0 aliphatic rings. The third-order valence-electron chi connectivity index (χ3n) is 3.82. The molecule has 0 bridgehead atoms. The molecule has 140 valence electrons. The highest BCUT2D eigenvalue weighted by Gasteiger charge is 2.35. The number of halogens is 4. The smallest absolute Gasteiger partial charge is 0.340 e. The van der Waals surface area contributed by atoms with Crippen molar-refractivity contribution >= 4 is 45.7 Å². The van der Waals surface area contributed by atoms with Crippen molar-refractivity contribution in [1.29, 1.82) is 0 Å². The van der Waals surface area contributed by atoms with Crippen LogP contribution in [0, 0.1) is 3.57 Å². The van der Waals surface area contributed by atoms with Crippen LogP contribution in [0.1, 0.15) is 18.1 Å². The molecule has 0 spiro atoms. The molecule has 0 saturated heterocycles. The van der Waals surface area contributed by atoms with Gasteiger partial charge in [-0.1, -0.05) is 19.1 Å². The number of aromatic nitrogens is 2. The molecule has 1 aromatic heterocycles. The molecule has 1 heterocycles. The lowest BCUT2D eigenvalue weighted by Crippen LogP contribution is -2.12. The summed E-state index contributed by atoms with van der Waals surface area (Å²) in [6.07, 6.45) is -2.88. The standard InChI is InChI=1S/C19H16F3IN4/c1-2-12-3-7-15(8-4-12)26-18-24-11-16(19(20,21)22)17(27-18)25-14-9-5-13(23)6-10-14/h3-11H,2H2,1H3,(H2,24,25,26,27). The van der Waals surface area contributed by atoms with Gasteiger partial charge in [0.2, 0.25) is 5.95 Å². The van der Waals surface area contributed by atoms with E-state index in [9.17, 15) is 13.2 Å². The van der Waals surface area contributed by atoms with Gasteiger partial charge >= 0.3 is 6.18 Å². The fourth-order valence-electron chi connectivity index (χ4n) is 2.37. The summed E-state index contributed by atoms with van der Waals surface area (Å²) >= 11 is 2.13. The fourth-order valence-corrected chi connectivity index (χ4v) is 2.73. The van der Waals surface area contributed by atoms with E-state index in [1.807, 2.05) is 31.2 Å². The maximum atomic E-state index is 13.3. The van der Waals surface area contributed by atoms with Gasteiger partial charge in [0.15, 0.2) is 0 Å². The molecule has 3 rings (SSSR count). The van der Waals surface area contributed by atoms with Gasteiger partial charge in [0.25, 0.3) is 0 Å². The van der Waals surface area contributed by atoms with Crippen molar-refractivity contribution in [1.82, 2.24) is 9.97 Å². The normalized spacial score (nSPS) is 11.3. The molecule has 0 radical (unpaired) electrons. The highest BCUT2D eigenvalue weighted by atomic mass is 127. The Hall–Kier alpha value is -2.36. The van der Waals surface area contributed by atoms with Gasteiger partial charge in [-0.3, -0.25) is 0 Å². The summed E-state index contributed by atoms with van der Waals surface area (Å²) < 4.78 is 40.9. The number of hydrogen-bond acceptors (Lipinski definition) is 4. The van der Waals surface area contributed by atoms with Crippen LogP contribution in [0.5, 0.6) is 0 Å². The second-order valence-corrected chi connectivity index (χ2v) is 7.01. The van der Waals surface area contributed by atoms with Gasteiger partial charge in [0.05, 0.1) is 0 Å². The molecule has 0 aliphatic carbocycles. The van der Waals surface area contributed by atoms with E-state index in [2.05, 4.69) is 43.2 Å². The molecular formula is C19H16F3IN4. The maximum Gasteiger partial charge on any atom is 0.421 e. The SMILES string of the molecule is CCc1ccc(Nc2ncc(C(F)(F)F)c(Nc3ccc(I)cc3)n2)cc1. The zero-order chi connectivity index (χ0) is 19.4. The second-order valence-electron chi connectivity index (χ2n) is 5.76. The molecule has 0 saturated carbocycles. The van der Waals surface area contributed by atoms with E-state index < -0.39 is 11.7 Å². The summed E-state index contributed by atoms with van der Waals surface area (Å²) in [6, 6.07) is 14.5. The summed E-state index contributed by atoms with van der Waals surface area (Å²) in [7, 11) is 0. The Bertz CT molecular complexity index is 910. The van der Waals surface area contributed by atoms with Crippen LogP contribution in [0.3, 0.4) is 0 Å². The van der Waals surface area contributed by atoms with E-state index in [4.69, 9.17) is 0 Å². The van der Waals surface area contributed by atoms with Crippen molar-refractivity contribution in [2.75, 3.05) is 10.6 Å².